The molecule has 0 bridgehead atoms. The zero-order chi connectivity index (χ0) is 16.7. The normalized spacial score (nSPS) is 14.0. The topological polar surface area (TPSA) is 49.6 Å². The Labute approximate surface area is 140 Å². The van der Waals surface area contributed by atoms with Crippen LogP contribution >= 0.6 is 0 Å². The van der Waals surface area contributed by atoms with Crippen molar-refractivity contribution in [3.8, 4) is 11.3 Å². The van der Waals surface area contributed by atoms with Gasteiger partial charge in [0.05, 0.1) is 11.4 Å². The summed E-state index contributed by atoms with van der Waals surface area (Å²) in [5, 5.41) is 2.95. The van der Waals surface area contributed by atoms with Crippen LogP contribution in [0.5, 0.6) is 0 Å². The van der Waals surface area contributed by atoms with E-state index in [1.165, 1.54) is 5.56 Å². The molecule has 0 aliphatic carbocycles. The molecule has 2 aromatic heterocycles. The van der Waals surface area contributed by atoms with Crippen molar-refractivity contribution in [3.05, 3.63) is 59.4 Å². The molecule has 5 heteroatoms. The number of imidazole rings is 1. The van der Waals surface area contributed by atoms with Gasteiger partial charge in [-0.05, 0) is 31.8 Å². The first-order chi connectivity index (χ1) is 11.6. The molecule has 5 nitrogen and oxygen atoms in total. The number of amides is 1. The second-order valence-corrected chi connectivity index (χ2v) is 6.45. The molecule has 1 N–H and O–H groups in total. The summed E-state index contributed by atoms with van der Waals surface area (Å²) < 4.78 is 1.99. The van der Waals surface area contributed by atoms with Gasteiger partial charge in [-0.3, -0.25) is 9.20 Å². The molecular formula is C19H20N4O. The lowest BCUT2D eigenvalue weighted by Gasteiger charge is -2.10. The van der Waals surface area contributed by atoms with Gasteiger partial charge < -0.3 is 10.2 Å². The average molecular weight is 320 g/mol. The van der Waals surface area contributed by atoms with Gasteiger partial charge in [0, 0.05) is 25.1 Å². The summed E-state index contributed by atoms with van der Waals surface area (Å²) in [6.45, 7) is 1.55. The standard InChI is InChI=1S/C19H20N4O/c1-22(2)12-13-6-8-14(9-7-13)18-15-10-11-20-19(24)16-4-3-5-17(21-18)23(15)16/h3-9H,10-12H2,1-2H3,(H,20,24). The Morgan fingerprint density at radius 2 is 1.96 bits per heavy atom. The van der Waals surface area contributed by atoms with E-state index in [1.54, 1.807) is 0 Å². The van der Waals surface area contributed by atoms with Crippen LogP contribution in [0.1, 0.15) is 21.7 Å². The van der Waals surface area contributed by atoms with Crippen molar-refractivity contribution >= 4 is 11.6 Å². The summed E-state index contributed by atoms with van der Waals surface area (Å²) in [6, 6.07) is 14.2. The molecule has 1 amide bonds. The van der Waals surface area contributed by atoms with E-state index in [-0.39, 0.29) is 5.91 Å². The fraction of sp³-hybridized carbons (Fsp3) is 0.263. The zero-order valence-corrected chi connectivity index (χ0v) is 13.9. The number of hydrogen-bond donors (Lipinski definition) is 1. The maximum atomic E-state index is 12.2. The van der Waals surface area contributed by atoms with E-state index < -0.39 is 0 Å². The first kappa shape index (κ1) is 14.9. The molecule has 0 radical (unpaired) electrons. The van der Waals surface area contributed by atoms with Gasteiger partial charge in [0.25, 0.3) is 5.91 Å². The van der Waals surface area contributed by atoms with E-state index in [0.717, 1.165) is 35.6 Å². The van der Waals surface area contributed by atoms with Crippen LogP contribution in [-0.4, -0.2) is 40.8 Å². The minimum Gasteiger partial charge on any atom is -0.350 e. The van der Waals surface area contributed by atoms with Crippen LogP contribution in [0.15, 0.2) is 42.5 Å². The molecule has 0 atom stereocenters. The quantitative estimate of drug-likeness (QED) is 0.806. The highest BCUT2D eigenvalue weighted by Gasteiger charge is 2.21. The van der Waals surface area contributed by atoms with Crippen molar-refractivity contribution in [2.45, 2.75) is 13.0 Å². The Bertz CT molecular complexity index is 909. The molecule has 0 saturated carbocycles. The Morgan fingerprint density at radius 1 is 1.17 bits per heavy atom. The van der Waals surface area contributed by atoms with E-state index in [0.29, 0.717) is 12.2 Å². The molecule has 122 valence electrons. The van der Waals surface area contributed by atoms with Crippen molar-refractivity contribution in [1.82, 2.24) is 19.6 Å². The number of hydrogen-bond acceptors (Lipinski definition) is 3. The molecule has 3 aromatic rings. The molecule has 1 aromatic carbocycles. The second kappa shape index (κ2) is 5.76. The van der Waals surface area contributed by atoms with Crippen LogP contribution in [0, 0.1) is 0 Å². The number of pyridine rings is 1. The molecular weight excluding hydrogens is 300 g/mol. The van der Waals surface area contributed by atoms with Crippen LogP contribution in [-0.2, 0) is 13.0 Å². The van der Waals surface area contributed by atoms with E-state index >= 15 is 0 Å². The van der Waals surface area contributed by atoms with Crippen molar-refractivity contribution in [3.63, 3.8) is 0 Å². The summed E-state index contributed by atoms with van der Waals surface area (Å²) in [5.41, 5.74) is 5.91. The summed E-state index contributed by atoms with van der Waals surface area (Å²) in [7, 11) is 4.13. The second-order valence-electron chi connectivity index (χ2n) is 6.45. The number of carbonyl (C=O) groups excluding carboxylic acids is 1. The number of rotatable bonds is 3. The summed E-state index contributed by atoms with van der Waals surface area (Å²) in [6.07, 6.45) is 0.776. The Balaban J connectivity index is 1.84. The molecule has 24 heavy (non-hydrogen) atoms. The van der Waals surface area contributed by atoms with E-state index in [2.05, 4.69) is 48.6 Å². The number of nitrogens with zero attached hydrogens (tertiary/aromatic N) is 3. The maximum absolute atomic E-state index is 12.2. The van der Waals surface area contributed by atoms with E-state index in [4.69, 9.17) is 4.98 Å². The van der Waals surface area contributed by atoms with Crippen LogP contribution in [0.25, 0.3) is 16.9 Å². The number of benzene rings is 1. The monoisotopic (exact) mass is 320 g/mol. The van der Waals surface area contributed by atoms with Gasteiger partial charge in [-0.1, -0.05) is 30.3 Å². The van der Waals surface area contributed by atoms with E-state index in [1.807, 2.05) is 22.6 Å². The molecule has 3 heterocycles. The Kier molecular flexibility index (Phi) is 3.58. The minimum atomic E-state index is -0.0374. The van der Waals surface area contributed by atoms with E-state index in [9.17, 15) is 4.79 Å². The molecule has 1 aliphatic heterocycles. The Hall–Kier alpha value is -2.66. The third-order valence-corrected chi connectivity index (χ3v) is 4.35. The van der Waals surface area contributed by atoms with Crippen molar-refractivity contribution in [2.24, 2.45) is 0 Å². The maximum Gasteiger partial charge on any atom is 0.268 e. The number of aromatic nitrogens is 2. The number of carbonyl (C=O) groups is 1. The smallest absolute Gasteiger partial charge is 0.268 e. The summed E-state index contributed by atoms with van der Waals surface area (Å²) >= 11 is 0. The third kappa shape index (κ3) is 2.47. The van der Waals surface area contributed by atoms with Crippen LogP contribution in [0.4, 0.5) is 0 Å². The van der Waals surface area contributed by atoms with Gasteiger partial charge in [-0.25, -0.2) is 4.98 Å². The zero-order valence-electron chi connectivity index (χ0n) is 13.9. The van der Waals surface area contributed by atoms with Crippen molar-refractivity contribution in [1.29, 1.82) is 0 Å². The molecule has 1 aliphatic rings. The molecule has 0 fully saturated rings. The summed E-state index contributed by atoms with van der Waals surface area (Å²) in [4.78, 5) is 19.2. The minimum absolute atomic E-state index is 0.0374. The van der Waals surface area contributed by atoms with Gasteiger partial charge in [0.15, 0.2) is 0 Å². The molecule has 4 rings (SSSR count). The fourth-order valence-electron chi connectivity index (χ4n) is 3.31. The lowest BCUT2D eigenvalue weighted by molar-refractivity contribution is 0.0951. The highest BCUT2D eigenvalue weighted by Crippen LogP contribution is 2.27. The van der Waals surface area contributed by atoms with Crippen LogP contribution in [0.3, 0.4) is 0 Å². The van der Waals surface area contributed by atoms with Gasteiger partial charge in [-0.15, -0.1) is 0 Å². The van der Waals surface area contributed by atoms with Gasteiger partial charge in [-0.2, -0.15) is 0 Å². The van der Waals surface area contributed by atoms with Crippen LogP contribution in [0.2, 0.25) is 0 Å². The van der Waals surface area contributed by atoms with Crippen molar-refractivity contribution < 1.29 is 4.79 Å². The third-order valence-electron chi connectivity index (χ3n) is 4.35. The summed E-state index contributed by atoms with van der Waals surface area (Å²) in [5.74, 6) is -0.0374. The van der Waals surface area contributed by atoms with Crippen LogP contribution < -0.4 is 5.32 Å². The van der Waals surface area contributed by atoms with Crippen molar-refractivity contribution in [2.75, 3.05) is 20.6 Å². The first-order valence-corrected chi connectivity index (χ1v) is 8.16. The number of nitrogens with one attached hydrogen (secondary N) is 1. The SMILES string of the molecule is CN(C)Cc1ccc(-c2nc3cccc4n3c2CCNC4=O)cc1. The average Bonchev–Trinajstić information content (AvgIpc) is 2.84. The van der Waals surface area contributed by atoms with Gasteiger partial charge in [0.2, 0.25) is 0 Å². The molecule has 0 spiro atoms. The predicted molar refractivity (Wildman–Crippen MR) is 94.1 cm³/mol. The largest absolute Gasteiger partial charge is 0.350 e. The predicted octanol–water partition coefficient (Wildman–Crippen LogP) is 2.35. The highest BCUT2D eigenvalue weighted by atomic mass is 16.1. The highest BCUT2D eigenvalue weighted by molar-refractivity contribution is 5.94. The van der Waals surface area contributed by atoms with Gasteiger partial charge >= 0.3 is 0 Å². The molecule has 0 unspecified atom stereocenters. The Morgan fingerprint density at radius 3 is 2.71 bits per heavy atom. The lowest BCUT2D eigenvalue weighted by atomic mass is 10.1. The molecule has 0 saturated heterocycles. The fourth-order valence-corrected chi connectivity index (χ4v) is 3.31. The first-order valence-electron chi connectivity index (χ1n) is 8.16. The van der Waals surface area contributed by atoms with Gasteiger partial charge in [0.1, 0.15) is 11.3 Å². The lowest BCUT2D eigenvalue weighted by Crippen LogP contribution is -2.24.